The van der Waals surface area contributed by atoms with Crippen LogP contribution >= 0.6 is 11.7 Å². The second kappa shape index (κ2) is 5.88. The van der Waals surface area contributed by atoms with Gasteiger partial charge in [0.25, 0.3) is 0 Å². The lowest BCUT2D eigenvalue weighted by Crippen LogP contribution is -2.50. The third-order valence-corrected chi connectivity index (χ3v) is 6.05. The van der Waals surface area contributed by atoms with Crippen LogP contribution < -0.4 is 5.73 Å². The summed E-state index contributed by atoms with van der Waals surface area (Å²) >= 11 is 0.994. The number of hydrogen-bond acceptors (Lipinski definition) is 7. The number of fused-ring (bicyclic) bond motifs is 1. The Kier molecular flexibility index (Phi) is 4.08. The van der Waals surface area contributed by atoms with Crippen molar-refractivity contribution < 1.29 is 13.2 Å². The van der Waals surface area contributed by atoms with Crippen LogP contribution in [0.5, 0.6) is 0 Å². The summed E-state index contributed by atoms with van der Waals surface area (Å²) < 4.78 is 35.1. The van der Waals surface area contributed by atoms with E-state index < -0.39 is 15.9 Å². The van der Waals surface area contributed by atoms with Crippen molar-refractivity contribution in [3.05, 3.63) is 18.2 Å². The van der Waals surface area contributed by atoms with Gasteiger partial charge in [-0.05, 0) is 12.1 Å². The maximum atomic E-state index is 12.8. The van der Waals surface area contributed by atoms with Crippen LogP contribution in [0.15, 0.2) is 23.1 Å². The highest BCUT2D eigenvalue weighted by Gasteiger charge is 2.30. The van der Waals surface area contributed by atoms with Crippen LogP contribution in [0.25, 0.3) is 11.0 Å². The molecule has 0 atom stereocenters. The molecule has 8 nitrogen and oxygen atoms in total. The number of sulfonamides is 1. The van der Waals surface area contributed by atoms with Crippen molar-refractivity contribution in [1.82, 2.24) is 18.0 Å². The summed E-state index contributed by atoms with van der Waals surface area (Å²) in [6, 6.07) is 4.96. The molecule has 0 unspecified atom stereocenters. The monoisotopic (exact) mass is 341 g/mol. The minimum Gasteiger partial charge on any atom is -0.369 e. The summed E-state index contributed by atoms with van der Waals surface area (Å²) in [5.41, 5.74) is 6.15. The first kappa shape index (κ1) is 15.3. The lowest BCUT2D eigenvalue weighted by molar-refractivity contribution is -0.119. The molecule has 1 aliphatic rings. The molecule has 3 rings (SSSR count). The van der Waals surface area contributed by atoms with E-state index in [4.69, 9.17) is 5.73 Å². The zero-order valence-corrected chi connectivity index (χ0v) is 13.3. The van der Waals surface area contributed by atoms with Crippen molar-refractivity contribution in [2.75, 3.05) is 32.7 Å². The summed E-state index contributed by atoms with van der Waals surface area (Å²) in [5, 5.41) is 0. The molecule has 0 radical (unpaired) electrons. The number of carbonyl (C=O) groups excluding carboxylic acids is 1. The predicted octanol–water partition coefficient (Wildman–Crippen LogP) is -0.517. The Hall–Kier alpha value is -1.62. The molecule has 10 heteroatoms. The van der Waals surface area contributed by atoms with Gasteiger partial charge in [0, 0.05) is 26.2 Å². The molecule has 1 aromatic carbocycles. The third-order valence-electron chi connectivity index (χ3n) is 3.58. The van der Waals surface area contributed by atoms with E-state index in [1.54, 1.807) is 18.2 Å². The molecular weight excluding hydrogens is 326 g/mol. The maximum absolute atomic E-state index is 12.8. The Balaban J connectivity index is 1.83. The molecule has 1 fully saturated rings. The molecule has 1 aromatic heterocycles. The number of benzene rings is 1. The SMILES string of the molecule is NC(=O)CN1CCN(S(=O)(=O)c2cccc3nsnc23)CC1. The van der Waals surface area contributed by atoms with Crippen molar-refractivity contribution in [2.45, 2.75) is 4.90 Å². The normalized spacial score (nSPS) is 17.8. The van der Waals surface area contributed by atoms with Crippen LogP contribution in [-0.4, -0.2) is 65.0 Å². The van der Waals surface area contributed by atoms with Crippen molar-refractivity contribution in [1.29, 1.82) is 0 Å². The average Bonchev–Trinajstić information content (AvgIpc) is 2.95. The minimum atomic E-state index is -3.62. The first-order chi connectivity index (χ1) is 10.5. The zero-order chi connectivity index (χ0) is 15.7. The standard InChI is InChI=1S/C12H15N5O3S2/c13-11(18)8-16-4-6-17(7-5-16)22(19,20)10-3-1-2-9-12(10)15-21-14-9/h1-3H,4-8H2,(H2,13,18). The largest absolute Gasteiger partial charge is 0.369 e. The van der Waals surface area contributed by atoms with Crippen LogP contribution in [0.3, 0.4) is 0 Å². The van der Waals surface area contributed by atoms with E-state index >= 15 is 0 Å². The molecule has 1 amide bonds. The van der Waals surface area contributed by atoms with Crippen LogP contribution in [-0.2, 0) is 14.8 Å². The smallest absolute Gasteiger partial charge is 0.245 e. The lowest BCUT2D eigenvalue weighted by atomic mass is 10.3. The third kappa shape index (κ3) is 2.82. The van der Waals surface area contributed by atoms with Gasteiger partial charge in [0.05, 0.1) is 18.3 Å². The molecule has 0 spiro atoms. The number of carbonyl (C=O) groups is 1. The molecule has 2 heterocycles. The van der Waals surface area contributed by atoms with E-state index in [9.17, 15) is 13.2 Å². The Labute approximate surface area is 131 Å². The second-order valence-corrected chi connectivity index (χ2v) is 7.47. The number of nitrogens with zero attached hydrogens (tertiary/aromatic N) is 4. The summed E-state index contributed by atoms with van der Waals surface area (Å²) in [5.74, 6) is -0.408. The highest BCUT2D eigenvalue weighted by Crippen LogP contribution is 2.25. The number of hydrogen-bond donors (Lipinski definition) is 1. The maximum Gasteiger partial charge on any atom is 0.245 e. The van der Waals surface area contributed by atoms with Crippen molar-refractivity contribution in [2.24, 2.45) is 5.73 Å². The predicted molar refractivity (Wildman–Crippen MR) is 81.8 cm³/mol. The highest BCUT2D eigenvalue weighted by molar-refractivity contribution is 7.89. The fraction of sp³-hybridized carbons (Fsp3) is 0.417. The summed E-state index contributed by atoms with van der Waals surface area (Å²) in [6.45, 7) is 1.76. The molecule has 1 aliphatic heterocycles. The number of nitrogens with two attached hydrogens (primary N) is 1. The van der Waals surface area contributed by atoms with Gasteiger partial charge in [-0.2, -0.15) is 13.1 Å². The Morgan fingerprint density at radius 2 is 1.95 bits per heavy atom. The van der Waals surface area contributed by atoms with Gasteiger partial charge in [-0.25, -0.2) is 8.42 Å². The first-order valence-corrected chi connectivity index (χ1v) is 8.87. The number of primary amides is 1. The van der Waals surface area contributed by atoms with Crippen LogP contribution in [0.2, 0.25) is 0 Å². The Morgan fingerprint density at radius 1 is 1.23 bits per heavy atom. The van der Waals surface area contributed by atoms with Crippen LogP contribution in [0, 0.1) is 0 Å². The second-order valence-electron chi connectivity index (χ2n) is 5.03. The molecule has 2 N–H and O–H groups in total. The van der Waals surface area contributed by atoms with Crippen LogP contribution in [0.1, 0.15) is 0 Å². The Bertz CT molecular complexity index is 796. The van der Waals surface area contributed by atoms with Crippen LogP contribution in [0.4, 0.5) is 0 Å². The number of aromatic nitrogens is 2. The zero-order valence-electron chi connectivity index (χ0n) is 11.7. The van der Waals surface area contributed by atoms with Gasteiger partial charge in [0.15, 0.2) is 0 Å². The summed E-state index contributed by atoms with van der Waals surface area (Å²) in [4.78, 5) is 12.9. The van der Waals surface area contributed by atoms with Crippen molar-refractivity contribution >= 4 is 38.7 Å². The van der Waals surface area contributed by atoms with Gasteiger partial charge in [-0.15, -0.1) is 0 Å². The first-order valence-electron chi connectivity index (χ1n) is 6.70. The molecule has 118 valence electrons. The Morgan fingerprint density at radius 3 is 2.64 bits per heavy atom. The number of piperazine rings is 1. The van der Waals surface area contributed by atoms with E-state index in [1.807, 2.05) is 4.90 Å². The van der Waals surface area contributed by atoms with E-state index in [2.05, 4.69) is 8.75 Å². The highest BCUT2D eigenvalue weighted by atomic mass is 32.2. The van der Waals surface area contributed by atoms with E-state index in [0.29, 0.717) is 37.2 Å². The van der Waals surface area contributed by atoms with Gasteiger partial charge in [0.2, 0.25) is 15.9 Å². The van der Waals surface area contributed by atoms with Gasteiger partial charge in [-0.1, -0.05) is 6.07 Å². The summed E-state index contributed by atoms with van der Waals surface area (Å²) in [7, 11) is -3.62. The molecule has 0 aliphatic carbocycles. The lowest BCUT2D eigenvalue weighted by Gasteiger charge is -2.33. The molecule has 1 saturated heterocycles. The van der Waals surface area contributed by atoms with Crippen molar-refractivity contribution in [3.63, 3.8) is 0 Å². The molecule has 22 heavy (non-hydrogen) atoms. The molecule has 0 bridgehead atoms. The summed E-state index contributed by atoms with van der Waals surface area (Å²) in [6.07, 6.45) is 0. The van der Waals surface area contributed by atoms with E-state index in [-0.39, 0.29) is 11.4 Å². The van der Waals surface area contributed by atoms with Gasteiger partial charge in [-0.3, -0.25) is 9.69 Å². The van der Waals surface area contributed by atoms with E-state index in [0.717, 1.165) is 11.7 Å². The molecule has 2 aromatic rings. The van der Waals surface area contributed by atoms with Gasteiger partial charge < -0.3 is 5.73 Å². The fourth-order valence-electron chi connectivity index (χ4n) is 2.48. The average molecular weight is 341 g/mol. The number of amides is 1. The van der Waals surface area contributed by atoms with Gasteiger partial charge in [0.1, 0.15) is 15.9 Å². The quantitative estimate of drug-likeness (QED) is 0.801. The topological polar surface area (TPSA) is 109 Å². The van der Waals surface area contributed by atoms with Gasteiger partial charge >= 0.3 is 0 Å². The minimum absolute atomic E-state index is 0.152. The fourth-order valence-corrected chi connectivity index (χ4v) is 4.65. The number of rotatable bonds is 4. The van der Waals surface area contributed by atoms with E-state index in [1.165, 1.54) is 4.31 Å². The molecular formula is C12H15N5O3S2. The van der Waals surface area contributed by atoms with Crippen molar-refractivity contribution in [3.8, 4) is 0 Å². The molecule has 0 saturated carbocycles.